The summed E-state index contributed by atoms with van der Waals surface area (Å²) in [6.45, 7) is 7.04. The quantitative estimate of drug-likeness (QED) is 0.913. The minimum Gasteiger partial charge on any atom is -0.378 e. The highest BCUT2D eigenvalue weighted by Gasteiger charge is 2.10. The minimum atomic E-state index is 0.700. The Morgan fingerprint density at radius 2 is 1.90 bits per heavy atom. The molecule has 3 rings (SSSR count). The van der Waals surface area contributed by atoms with Crippen molar-refractivity contribution >= 4 is 5.69 Å². The van der Waals surface area contributed by atoms with Gasteiger partial charge in [-0.2, -0.15) is 0 Å². The maximum absolute atomic E-state index is 5.38. The van der Waals surface area contributed by atoms with Gasteiger partial charge in [0.2, 0.25) is 0 Å². The Hall–Kier alpha value is -1.85. The Bertz CT molecular complexity index is 559. The van der Waals surface area contributed by atoms with Crippen molar-refractivity contribution in [2.75, 3.05) is 31.2 Å². The molecular formula is C16H21N3O2. The molecule has 21 heavy (non-hydrogen) atoms. The summed E-state index contributed by atoms with van der Waals surface area (Å²) in [5, 5.41) is 7.24. The standard InChI is InChI=1S/C16H21N3O2/c1-13-10-16(21-18-13)12-17-11-14-2-4-15(5-3-14)19-6-8-20-9-7-19/h2-5,10,17H,6-9,11-12H2,1H3. The Balaban J connectivity index is 1.49. The molecule has 1 aliphatic heterocycles. The Morgan fingerprint density at radius 1 is 1.14 bits per heavy atom. The number of benzene rings is 1. The summed E-state index contributed by atoms with van der Waals surface area (Å²) >= 11 is 0. The lowest BCUT2D eigenvalue weighted by Gasteiger charge is -2.28. The number of hydrogen-bond donors (Lipinski definition) is 1. The van der Waals surface area contributed by atoms with E-state index in [1.54, 1.807) is 0 Å². The van der Waals surface area contributed by atoms with E-state index in [0.717, 1.165) is 44.3 Å². The molecule has 0 amide bonds. The van der Waals surface area contributed by atoms with Gasteiger partial charge in [0.05, 0.1) is 25.5 Å². The second-order valence-corrected chi connectivity index (χ2v) is 5.30. The van der Waals surface area contributed by atoms with Gasteiger partial charge in [-0.25, -0.2) is 0 Å². The second kappa shape index (κ2) is 6.74. The molecule has 0 atom stereocenters. The summed E-state index contributed by atoms with van der Waals surface area (Å²) in [6.07, 6.45) is 0. The van der Waals surface area contributed by atoms with Crippen molar-refractivity contribution < 1.29 is 9.26 Å². The lowest BCUT2D eigenvalue weighted by atomic mass is 10.2. The highest BCUT2D eigenvalue weighted by Crippen LogP contribution is 2.16. The third kappa shape index (κ3) is 3.83. The van der Waals surface area contributed by atoms with E-state index in [2.05, 4.69) is 39.6 Å². The largest absolute Gasteiger partial charge is 0.378 e. The summed E-state index contributed by atoms with van der Waals surface area (Å²) in [5.74, 6) is 0.873. The van der Waals surface area contributed by atoms with E-state index in [0.29, 0.717) is 6.54 Å². The smallest absolute Gasteiger partial charge is 0.150 e. The van der Waals surface area contributed by atoms with Crippen molar-refractivity contribution in [2.45, 2.75) is 20.0 Å². The molecule has 0 spiro atoms. The first-order chi connectivity index (χ1) is 10.3. The first-order valence-electron chi connectivity index (χ1n) is 7.36. The molecule has 0 aliphatic carbocycles. The molecule has 2 heterocycles. The van der Waals surface area contributed by atoms with Crippen LogP contribution in [-0.2, 0) is 17.8 Å². The fourth-order valence-corrected chi connectivity index (χ4v) is 2.48. The van der Waals surface area contributed by atoms with E-state index in [9.17, 15) is 0 Å². The monoisotopic (exact) mass is 287 g/mol. The molecule has 1 aliphatic rings. The number of anilines is 1. The topological polar surface area (TPSA) is 50.5 Å². The molecule has 5 nitrogen and oxygen atoms in total. The van der Waals surface area contributed by atoms with Crippen molar-refractivity contribution in [3.63, 3.8) is 0 Å². The van der Waals surface area contributed by atoms with Crippen molar-refractivity contribution in [1.29, 1.82) is 0 Å². The Kier molecular flexibility index (Phi) is 4.52. The SMILES string of the molecule is Cc1cc(CNCc2ccc(N3CCOCC3)cc2)on1. The molecule has 0 bridgehead atoms. The highest BCUT2D eigenvalue weighted by molar-refractivity contribution is 5.47. The van der Waals surface area contributed by atoms with Crippen LogP contribution in [-0.4, -0.2) is 31.5 Å². The molecular weight excluding hydrogens is 266 g/mol. The fourth-order valence-electron chi connectivity index (χ4n) is 2.48. The zero-order valence-corrected chi connectivity index (χ0v) is 12.3. The van der Waals surface area contributed by atoms with Gasteiger partial charge >= 0.3 is 0 Å². The van der Waals surface area contributed by atoms with E-state index in [-0.39, 0.29) is 0 Å². The average molecular weight is 287 g/mol. The number of nitrogens with zero attached hydrogens (tertiary/aromatic N) is 2. The summed E-state index contributed by atoms with van der Waals surface area (Å²) in [5.41, 5.74) is 3.46. The van der Waals surface area contributed by atoms with Crippen molar-refractivity contribution in [2.24, 2.45) is 0 Å². The van der Waals surface area contributed by atoms with Crippen LogP contribution in [0.1, 0.15) is 17.0 Å². The van der Waals surface area contributed by atoms with Crippen molar-refractivity contribution in [3.8, 4) is 0 Å². The second-order valence-electron chi connectivity index (χ2n) is 5.30. The number of aromatic nitrogens is 1. The highest BCUT2D eigenvalue weighted by atomic mass is 16.5. The van der Waals surface area contributed by atoms with Crippen molar-refractivity contribution in [1.82, 2.24) is 10.5 Å². The third-order valence-corrected chi connectivity index (χ3v) is 3.62. The van der Waals surface area contributed by atoms with Crippen LogP contribution in [0.25, 0.3) is 0 Å². The predicted octanol–water partition coefficient (Wildman–Crippen LogP) is 2.11. The van der Waals surface area contributed by atoms with Crippen LogP contribution in [0.4, 0.5) is 5.69 Å². The number of nitrogens with one attached hydrogen (secondary N) is 1. The summed E-state index contributed by atoms with van der Waals surface area (Å²) < 4.78 is 10.5. The van der Waals surface area contributed by atoms with Gasteiger partial charge in [-0.15, -0.1) is 0 Å². The number of morpholine rings is 1. The Morgan fingerprint density at radius 3 is 2.57 bits per heavy atom. The lowest BCUT2D eigenvalue weighted by Crippen LogP contribution is -2.36. The molecule has 5 heteroatoms. The number of rotatable bonds is 5. The van der Waals surface area contributed by atoms with Gasteiger partial charge in [0.15, 0.2) is 5.76 Å². The van der Waals surface area contributed by atoms with E-state index in [1.165, 1.54) is 11.3 Å². The lowest BCUT2D eigenvalue weighted by molar-refractivity contribution is 0.122. The van der Waals surface area contributed by atoms with E-state index in [4.69, 9.17) is 9.26 Å². The zero-order chi connectivity index (χ0) is 14.5. The molecule has 1 fully saturated rings. The van der Waals surface area contributed by atoms with Crippen LogP contribution >= 0.6 is 0 Å². The van der Waals surface area contributed by atoms with Gasteiger partial charge in [0.25, 0.3) is 0 Å². The van der Waals surface area contributed by atoms with Gasteiger partial charge in [-0.3, -0.25) is 0 Å². The fraction of sp³-hybridized carbons (Fsp3) is 0.438. The first kappa shape index (κ1) is 14.1. The third-order valence-electron chi connectivity index (χ3n) is 3.62. The Labute approximate surface area is 124 Å². The van der Waals surface area contributed by atoms with Gasteiger partial charge in [-0.05, 0) is 24.6 Å². The van der Waals surface area contributed by atoms with Gasteiger partial charge < -0.3 is 19.5 Å². The zero-order valence-electron chi connectivity index (χ0n) is 12.3. The van der Waals surface area contributed by atoms with Crippen LogP contribution in [0.2, 0.25) is 0 Å². The van der Waals surface area contributed by atoms with Gasteiger partial charge in [-0.1, -0.05) is 17.3 Å². The molecule has 0 radical (unpaired) electrons. The minimum absolute atomic E-state index is 0.700. The number of aryl methyl sites for hydroxylation is 1. The molecule has 1 saturated heterocycles. The van der Waals surface area contributed by atoms with Crippen LogP contribution in [0.5, 0.6) is 0 Å². The number of ether oxygens (including phenoxy) is 1. The maximum Gasteiger partial charge on any atom is 0.150 e. The van der Waals surface area contributed by atoms with Gasteiger partial charge in [0, 0.05) is 31.4 Å². The van der Waals surface area contributed by atoms with Gasteiger partial charge in [0.1, 0.15) is 0 Å². The summed E-state index contributed by atoms with van der Waals surface area (Å²) in [6, 6.07) is 10.7. The normalized spacial score (nSPS) is 15.4. The molecule has 1 aromatic heterocycles. The molecule has 1 aromatic carbocycles. The first-order valence-corrected chi connectivity index (χ1v) is 7.36. The molecule has 0 unspecified atom stereocenters. The van der Waals surface area contributed by atoms with Crippen molar-refractivity contribution in [3.05, 3.63) is 47.3 Å². The van der Waals surface area contributed by atoms with E-state index < -0.39 is 0 Å². The summed E-state index contributed by atoms with van der Waals surface area (Å²) in [7, 11) is 0. The van der Waals surface area contributed by atoms with Crippen LogP contribution < -0.4 is 10.2 Å². The molecule has 0 saturated carbocycles. The summed E-state index contributed by atoms with van der Waals surface area (Å²) in [4.78, 5) is 2.36. The number of hydrogen-bond acceptors (Lipinski definition) is 5. The van der Waals surface area contributed by atoms with Crippen LogP contribution in [0.15, 0.2) is 34.9 Å². The average Bonchev–Trinajstić information content (AvgIpc) is 2.94. The molecule has 2 aromatic rings. The molecule has 1 N–H and O–H groups in total. The van der Waals surface area contributed by atoms with Crippen LogP contribution in [0, 0.1) is 6.92 Å². The van der Waals surface area contributed by atoms with E-state index in [1.807, 2.05) is 13.0 Å². The van der Waals surface area contributed by atoms with Crippen LogP contribution in [0.3, 0.4) is 0 Å². The van der Waals surface area contributed by atoms with E-state index >= 15 is 0 Å². The predicted molar refractivity (Wildman–Crippen MR) is 81.3 cm³/mol. The molecule has 112 valence electrons. The maximum atomic E-state index is 5.38.